The Hall–Kier alpha value is -1.79. The molecular formula is C14H8ClF3N2S. The monoisotopic (exact) mass is 328 g/mol. The molecule has 0 aliphatic heterocycles. The molecule has 0 saturated heterocycles. The van der Waals surface area contributed by atoms with E-state index in [1.807, 2.05) is 0 Å². The number of benzene rings is 2. The minimum absolute atomic E-state index is 0.0245. The van der Waals surface area contributed by atoms with E-state index < -0.39 is 11.7 Å². The van der Waals surface area contributed by atoms with Gasteiger partial charge in [-0.05, 0) is 36.5 Å². The van der Waals surface area contributed by atoms with Crippen LogP contribution in [0.5, 0.6) is 0 Å². The third kappa shape index (κ3) is 2.34. The van der Waals surface area contributed by atoms with Crippen LogP contribution in [0.3, 0.4) is 0 Å². The maximum absolute atomic E-state index is 13.2. The number of hydrogen-bond donors (Lipinski definition) is 1. The summed E-state index contributed by atoms with van der Waals surface area (Å²) in [7, 11) is 0. The topological polar surface area (TPSA) is 20.7 Å². The highest BCUT2D eigenvalue weighted by molar-refractivity contribution is 7.71. The van der Waals surface area contributed by atoms with E-state index in [9.17, 15) is 13.2 Å². The van der Waals surface area contributed by atoms with Gasteiger partial charge < -0.3 is 4.98 Å². The largest absolute Gasteiger partial charge is 0.418 e. The number of fused-ring (bicyclic) bond motifs is 1. The van der Waals surface area contributed by atoms with Crippen LogP contribution < -0.4 is 0 Å². The lowest BCUT2D eigenvalue weighted by molar-refractivity contribution is -0.137. The molecule has 21 heavy (non-hydrogen) atoms. The number of nitrogens with one attached hydrogen (secondary N) is 1. The molecule has 0 fully saturated rings. The van der Waals surface area contributed by atoms with Crippen molar-refractivity contribution in [2.24, 2.45) is 0 Å². The lowest BCUT2D eigenvalue weighted by atomic mass is 10.1. The van der Waals surface area contributed by atoms with E-state index in [1.54, 1.807) is 18.2 Å². The molecule has 0 amide bonds. The molecule has 0 radical (unpaired) electrons. The van der Waals surface area contributed by atoms with Gasteiger partial charge in [-0.1, -0.05) is 29.8 Å². The second-order valence-corrected chi connectivity index (χ2v) is 5.21. The molecule has 3 aromatic rings. The first kappa shape index (κ1) is 14.2. The average molecular weight is 329 g/mol. The van der Waals surface area contributed by atoms with Gasteiger partial charge in [-0.2, -0.15) is 13.2 Å². The Bertz CT molecular complexity index is 880. The maximum Gasteiger partial charge on any atom is 0.418 e. The van der Waals surface area contributed by atoms with Crippen molar-refractivity contribution in [3.8, 4) is 5.69 Å². The summed E-state index contributed by atoms with van der Waals surface area (Å²) in [5.41, 5.74) is 0.246. The first-order chi connectivity index (χ1) is 9.89. The van der Waals surface area contributed by atoms with Crippen molar-refractivity contribution in [2.75, 3.05) is 0 Å². The van der Waals surface area contributed by atoms with Crippen LogP contribution in [0.2, 0.25) is 5.02 Å². The fourth-order valence-electron chi connectivity index (χ4n) is 2.24. The smallest absolute Gasteiger partial charge is 0.329 e. The van der Waals surface area contributed by atoms with Gasteiger partial charge in [0.25, 0.3) is 0 Å². The van der Waals surface area contributed by atoms with E-state index >= 15 is 0 Å². The zero-order valence-corrected chi connectivity index (χ0v) is 12.0. The van der Waals surface area contributed by atoms with Crippen molar-refractivity contribution in [1.82, 2.24) is 9.55 Å². The van der Waals surface area contributed by atoms with Crippen molar-refractivity contribution in [3.05, 3.63) is 57.8 Å². The van der Waals surface area contributed by atoms with Gasteiger partial charge >= 0.3 is 6.18 Å². The van der Waals surface area contributed by atoms with Crippen molar-refractivity contribution < 1.29 is 13.2 Å². The zero-order valence-electron chi connectivity index (χ0n) is 10.4. The van der Waals surface area contributed by atoms with Crippen LogP contribution in [0.15, 0.2) is 42.5 Å². The highest BCUT2D eigenvalue weighted by Crippen LogP contribution is 2.35. The number of imidazole rings is 1. The number of hydrogen-bond acceptors (Lipinski definition) is 1. The fourth-order valence-corrected chi connectivity index (χ4v) is 2.76. The number of H-pyrrole nitrogens is 1. The first-order valence-corrected chi connectivity index (χ1v) is 6.74. The van der Waals surface area contributed by atoms with Gasteiger partial charge in [0, 0.05) is 0 Å². The number of para-hydroxylation sites is 2. The summed E-state index contributed by atoms with van der Waals surface area (Å²) in [5, 5.41) is 0.404. The van der Waals surface area contributed by atoms with E-state index in [2.05, 4.69) is 4.98 Å². The van der Waals surface area contributed by atoms with Crippen LogP contribution in [0.25, 0.3) is 16.7 Å². The van der Waals surface area contributed by atoms with E-state index in [-0.39, 0.29) is 10.5 Å². The summed E-state index contributed by atoms with van der Waals surface area (Å²) < 4.78 is 41.0. The minimum Gasteiger partial charge on any atom is -0.329 e. The zero-order chi connectivity index (χ0) is 15.2. The normalized spacial score (nSPS) is 12.0. The quantitative estimate of drug-likeness (QED) is 0.596. The summed E-state index contributed by atoms with van der Waals surface area (Å²) >= 11 is 11.2. The van der Waals surface area contributed by atoms with Crippen LogP contribution in [0.1, 0.15) is 5.56 Å². The van der Waals surface area contributed by atoms with E-state index in [1.165, 1.54) is 22.8 Å². The Balaban J connectivity index is 2.40. The van der Waals surface area contributed by atoms with Gasteiger partial charge in [0.05, 0.1) is 27.3 Å². The molecule has 0 spiro atoms. The van der Waals surface area contributed by atoms with Crippen molar-refractivity contribution in [2.45, 2.75) is 6.18 Å². The number of rotatable bonds is 1. The Labute approximate surface area is 127 Å². The molecule has 0 unspecified atom stereocenters. The summed E-state index contributed by atoms with van der Waals surface area (Å²) in [6.45, 7) is 0. The molecule has 7 heteroatoms. The molecule has 1 aromatic heterocycles. The molecular weight excluding hydrogens is 321 g/mol. The van der Waals surface area contributed by atoms with Gasteiger partial charge in [0.1, 0.15) is 0 Å². The molecule has 0 saturated carbocycles. The molecule has 1 N–H and O–H groups in total. The van der Waals surface area contributed by atoms with Gasteiger partial charge in [-0.15, -0.1) is 0 Å². The van der Waals surface area contributed by atoms with Crippen molar-refractivity contribution in [3.63, 3.8) is 0 Å². The Morgan fingerprint density at radius 1 is 1.05 bits per heavy atom. The molecule has 2 nitrogen and oxygen atoms in total. The molecule has 3 rings (SSSR count). The lowest BCUT2D eigenvalue weighted by Crippen LogP contribution is -2.10. The third-order valence-corrected chi connectivity index (χ3v) is 3.72. The van der Waals surface area contributed by atoms with E-state index in [0.29, 0.717) is 16.1 Å². The first-order valence-electron chi connectivity index (χ1n) is 5.95. The predicted molar refractivity (Wildman–Crippen MR) is 78.5 cm³/mol. The molecule has 0 aliphatic carbocycles. The molecule has 0 aliphatic rings. The Kier molecular flexibility index (Phi) is 3.30. The number of aromatic amines is 1. The van der Waals surface area contributed by atoms with Crippen LogP contribution in [0, 0.1) is 4.77 Å². The van der Waals surface area contributed by atoms with Crippen LogP contribution in [0.4, 0.5) is 13.2 Å². The Morgan fingerprint density at radius 2 is 1.76 bits per heavy atom. The molecule has 108 valence electrons. The predicted octanol–water partition coefficient (Wildman–Crippen LogP) is 5.36. The molecule has 2 aromatic carbocycles. The highest BCUT2D eigenvalue weighted by atomic mass is 35.5. The van der Waals surface area contributed by atoms with Crippen LogP contribution in [-0.2, 0) is 6.18 Å². The molecule has 1 heterocycles. The standard InChI is InChI=1S/C14H8ClF3N2S/c15-9-5-3-7-11-12(9)19-13(21)20(11)10-6-2-1-4-8(10)14(16,17)18/h1-7H,(H,19,21). The van der Waals surface area contributed by atoms with Gasteiger partial charge in [-0.3, -0.25) is 4.57 Å². The summed E-state index contributed by atoms with van der Waals surface area (Å²) in [6.07, 6.45) is -4.46. The van der Waals surface area contributed by atoms with Gasteiger partial charge in [0.15, 0.2) is 4.77 Å². The Morgan fingerprint density at radius 3 is 2.48 bits per heavy atom. The van der Waals surface area contributed by atoms with Crippen molar-refractivity contribution >= 4 is 34.9 Å². The second-order valence-electron chi connectivity index (χ2n) is 4.41. The van der Waals surface area contributed by atoms with Gasteiger partial charge in [0.2, 0.25) is 0 Å². The molecule has 0 bridgehead atoms. The minimum atomic E-state index is -4.46. The summed E-state index contributed by atoms with van der Waals surface area (Å²) in [4.78, 5) is 2.85. The number of nitrogens with zero attached hydrogens (tertiary/aromatic N) is 1. The SMILES string of the molecule is FC(F)(F)c1ccccc1-n1c(=S)[nH]c2c(Cl)cccc21. The van der Waals surface area contributed by atoms with Crippen LogP contribution in [-0.4, -0.2) is 9.55 Å². The number of alkyl halides is 3. The third-order valence-electron chi connectivity index (χ3n) is 3.12. The average Bonchev–Trinajstić information content (AvgIpc) is 2.75. The summed E-state index contributed by atoms with van der Waals surface area (Å²) in [5.74, 6) is 0. The van der Waals surface area contributed by atoms with E-state index in [4.69, 9.17) is 23.8 Å². The highest BCUT2D eigenvalue weighted by Gasteiger charge is 2.34. The van der Waals surface area contributed by atoms with Crippen molar-refractivity contribution in [1.29, 1.82) is 0 Å². The fraction of sp³-hybridized carbons (Fsp3) is 0.0714. The second kappa shape index (κ2) is 4.89. The number of halogens is 4. The lowest BCUT2D eigenvalue weighted by Gasteiger charge is -2.13. The maximum atomic E-state index is 13.2. The van der Waals surface area contributed by atoms with Crippen LogP contribution >= 0.6 is 23.8 Å². The molecule has 0 atom stereocenters. The van der Waals surface area contributed by atoms with E-state index in [0.717, 1.165) is 6.07 Å². The summed E-state index contributed by atoms with van der Waals surface area (Å²) in [6, 6.07) is 10.3. The number of aromatic nitrogens is 2. The van der Waals surface area contributed by atoms with Gasteiger partial charge in [-0.25, -0.2) is 0 Å².